The number of para-hydroxylation sites is 1. The minimum atomic E-state index is -0.644. The third-order valence-corrected chi connectivity index (χ3v) is 7.56. The molecule has 0 radical (unpaired) electrons. The smallest absolute Gasteiger partial charge is 0.269 e. The molecule has 0 bridgehead atoms. The number of rotatable bonds is 11. The Bertz CT molecular complexity index is 1370. The third-order valence-electron chi connectivity index (χ3n) is 7.24. The standard InChI is InChI=1S/C30H34N4O5S/c1-4-5-6-10-17-33-28(36)23(27(35)31-29(33)40)14-16-26-30(2,3)24-20-21(34(37)38)13-15-25(24)32(26)18-19-39-22-11-8-7-9-12-22/h7-9,11-16,20H,4-6,10,17-19H2,1-3H3,(H,31,35,40)/b23-14-,26-16+. The van der Waals surface area contributed by atoms with E-state index in [-0.39, 0.29) is 16.4 Å². The minimum Gasteiger partial charge on any atom is -0.492 e. The second kappa shape index (κ2) is 12.4. The fraction of sp³-hybridized carbons (Fsp3) is 0.367. The summed E-state index contributed by atoms with van der Waals surface area (Å²) in [6.45, 7) is 7.29. The van der Waals surface area contributed by atoms with Crippen molar-refractivity contribution in [3.05, 3.63) is 87.6 Å². The number of unbranched alkanes of at least 4 members (excludes halogenated alkanes) is 3. The second-order valence-corrected chi connectivity index (χ2v) is 10.7. The van der Waals surface area contributed by atoms with Gasteiger partial charge in [-0.15, -0.1) is 0 Å². The van der Waals surface area contributed by atoms with Crippen LogP contribution < -0.4 is 15.0 Å². The van der Waals surface area contributed by atoms with Crippen molar-refractivity contribution in [1.29, 1.82) is 0 Å². The van der Waals surface area contributed by atoms with Crippen LogP contribution in [0.2, 0.25) is 0 Å². The number of benzene rings is 2. The lowest BCUT2D eigenvalue weighted by molar-refractivity contribution is -0.384. The summed E-state index contributed by atoms with van der Waals surface area (Å²) in [4.78, 5) is 40.7. The van der Waals surface area contributed by atoms with E-state index >= 15 is 0 Å². The molecule has 2 aliphatic rings. The van der Waals surface area contributed by atoms with Crippen LogP contribution in [0.25, 0.3) is 0 Å². The van der Waals surface area contributed by atoms with Gasteiger partial charge in [0.05, 0.1) is 11.5 Å². The van der Waals surface area contributed by atoms with Crippen molar-refractivity contribution in [2.24, 2.45) is 0 Å². The Morgan fingerprint density at radius 1 is 1.02 bits per heavy atom. The van der Waals surface area contributed by atoms with Crippen molar-refractivity contribution in [3.8, 4) is 5.75 Å². The highest BCUT2D eigenvalue weighted by atomic mass is 32.1. The van der Waals surface area contributed by atoms with Crippen molar-refractivity contribution in [1.82, 2.24) is 10.2 Å². The van der Waals surface area contributed by atoms with E-state index in [1.165, 1.54) is 17.0 Å². The van der Waals surface area contributed by atoms with Gasteiger partial charge in [-0.05, 0) is 54.6 Å². The van der Waals surface area contributed by atoms with Gasteiger partial charge in [0.2, 0.25) is 0 Å². The molecule has 0 spiro atoms. The van der Waals surface area contributed by atoms with Gasteiger partial charge >= 0.3 is 0 Å². The van der Waals surface area contributed by atoms with Crippen molar-refractivity contribution < 1.29 is 19.2 Å². The van der Waals surface area contributed by atoms with Crippen LogP contribution in [0.15, 0.2) is 72.0 Å². The Hall–Kier alpha value is -4.05. The fourth-order valence-electron chi connectivity index (χ4n) is 5.07. The van der Waals surface area contributed by atoms with Crippen LogP contribution in [0.4, 0.5) is 11.4 Å². The maximum absolute atomic E-state index is 13.3. The van der Waals surface area contributed by atoms with Crippen LogP contribution in [0, 0.1) is 10.1 Å². The molecule has 1 fully saturated rings. The summed E-state index contributed by atoms with van der Waals surface area (Å²) >= 11 is 5.28. The van der Waals surface area contributed by atoms with Crippen molar-refractivity contribution >= 4 is 40.5 Å². The van der Waals surface area contributed by atoms with Gasteiger partial charge in [-0.3, -0.25) is 29.9 Å². The highest BCUT2D eigenvalue weighted by Gasteiger charge is 2.41. The van der Waals surface area contributed by atoms with E-state index in [0.29, 0.717) is 19.7 Å². The molecule has 0 aliphatic carbocycles. The second-order valence-electron chi connectivity index (χ2n) is 10.3. The molecule has 4 rings (SSSR count). The summed E-state index contributed by atoms with van der Waals surface area (Å²) in [6, 6.07) is 14.3. The highest BCUT2D eigenvalue weighted by molar-refractivity contribution is 7.80. The number of anilines is 1. The van der Waals surface area contributed by atoms with Crippen LogP contribution in [0.5, 0.6) is 5.75 Å². The normalized spacial score (nSPS) is 18.3. The van der Waals surface area contributed by atoms with Crippen LogP contribution in [0.1, 0.15) is 52.0 Å². The molecule has 0 unspecified atom stereocenters. The van der Waals surface area contributed by atoms with Crippen LogP contribution in [0.3, 0.4) is 0 Å². The Morgan fingerprint density at radius 3 is 2.48 bits per heavy atom. The van der Waals surface area contributed by atoms with E-state index in [1.807, 2.05) is 49.1 Å². The van der Waals surface area contributed by atoms with Crippen molar-refractivity contribution in [2.75, 3.05) is 24.6 Å². The number of hydrogen-bond donors (Lipinski definition) is 1. The minimum absolute atomic E-state index is 0.000906. The van der Waals surface area contributed by atoms with E-state index in [4.69, 9.17) is 17.0 Å². The molecule has 2 aromatic rings. The number of thiocarbonyl (C=S) groups is 1. The molecule has 0 aromatic heterocycles. The Morgan fingerprint density at radius 2 is 1.77 bits per heavy atom. The number of nitrogens with zero attached hydrogens (tertiary/aromatic N) is 3. The molecule has 210 valence electrons. The number of nitrogens with one attached hydrogen (secondary N) is 1. The monoisotopic (exact) mass is 562 g/mol. The third kappa shape index (κ3) is 6.07. The van der Waals surface area contributed by atoms with Gasteiger partial charge in [0.15, 0.2) is 5.11 Å². The number of carbonyl (C=O) groups is 2. The summed E-state index contributed by atoms with van der Waals surface area (Å²) < 4.78 is 5.94. The van der Waals surface area contributed by atoms with Crippen molar-refractivity contribution in [3.63, 3.8) is 0 Å². The summed E-state index contributed by atoms with van der Waals surface area (Å²) in [5.74, 6) is -0.235. The van der Waals surface area contributed by atoms with E-state index in [0.717, 1.165) is 48.4 Å². The molecule has 2 heterocycles. The predicted octanol–water partition coefficient (Wildman–Crippen LogP) is 5.41. The van der Waals surface area contributed by atoms with Gasteiger partial charge in [-0.25, -0.2) is 0 Å². The summed E-state index contributed by atoms with van der Waals surface area (Å²) in [5.41, 5.74) is 1.74. The van der Waals surface area contributed by atoms with Gasteiger partial charge in [-0.2, -0.15) is 0 Å². The molecule has 2 aliphatic heterocycles. The first-order valence-corrected chi connectivity index (χ1v) is 13.9. The van der Waals surface area contributed by atoms with Gasteiger partial charge in [0.25, 0.3) is 17.5 Å². The zero-order valence-electron chi connectivity index (χ0n) is 23.0. The fourth-order valence-corrected chi connectivity index (χ4v) is 5.33. The molecule has 1 N–H and O–H groups in total. The maximum Gasteiger partial charge on any atom is 0.269 e. The molecule has 10 heteroatoms. The topological polar surface area (TPSA) is 105 Å². The molecule has 0 atom stereocenters. The van der Waals surface area contributed by atoms with E-state index in [1.54, 1.807) is 18.2 Å². The first-order chi connectivity index (χ1) is 19.1. The maximum atomic E-state index is 13.3. The van der Waals surface area contributed by atoms with Crippen LogP contribution >= 0.6 is 12.2 Å². The SMILES string of the molecule is CCCCCCN1C(=O)/C(=C\C=C2\N(CCOc3ccccc3)c3ccc([N+](=O)[O-])cc3C2(C)C)C(=O)NC1=S. The number of carbonyl (C=O) groups excluding carboxylic acids is 2. The molecule has 2 aromatic carbocycles. The van der Waals surface area contributed by atoms with E-state index < -0.39 is 22.2 Å². The zero-order valence-corrected chi connectivity index (χ0v) is 23.8. The summed E-state index contributed by atoms with van der Waals surface area (Å²) in [5, 5.41) is 14.3. The molecule has 2 amide bonds. The summed E-state index contributed by atoms with van der Waals surface area (Å²) in [6.07, 6.45) is 7.18. The Balaban J connectivity index is 1.66. The average molecular weight is 563 g/mol. The number of amides is 2. The number of nitro benzene ring substituents is 1. The van der Waals surface area contributed by atoms with Gasteiger partial charge < -0.3 is 9.64 Å². The average Bonchev–Trinajstić information content (AvgIpc) is 3.13. The van der Waals surface area contributed by atoms with Crippen molar-refractivity contribution in [2.45, 2.75) is 51.9 Å². The van der Waals surface area contributed by atoms with Crippen LogP contribution in [-0.2, 0) is 15.0 Å². The quantitative estimate of drug-likeness (QED) is 0.0976. The molecule has 40 heavy (non-hydrogen) atoms. The Labute approximate surface area is 239 Å². The lowest BCUT2D eigenvalue weighted by Gasteiger charge is -2.29. The lowest BCUT2D eigenvalue weighted by atomic mass is 9.83. The zero-order chi connectivity index (χ0) is 28.9. The number of nitro groups is 1. The highest BCUT2D eigenvalue weighted by Crippen LogP contribution is 2.48. The number of fused-ring (bicyclic) bond motifs is 1. The van der Waals surface area contributed by atoms with Gasteiger partial charge in [0, 0.05) is 35.5 Å². The number of hydrogen-bond acceptors (Lipinski definition) is 7. The van der Waals surface area contributed by atoms with E-state index in [2.05, 4.69) is 12.2 Å². The Kier molecular flexibility index (Phi) is 8.99. The number of ether oxygens (including phenoxy) is 1. The van der Waals surface area contributed by atoms with Gasteiger partial charge in [-0.1, -0.05) is 58.2 Å². The molecule has 0 saturated carbocycles. The molecule has 1 saturated heterocycles. The predicted molar refractivity (Wildman–Crippen MR) is 158 cm³/mol. The first-order valence-electron chi connectivity index (χ1n) is 13.5. The number of non-ortho nitro benzene ring substituents is 1. The molecular weight excluding hydrogens is 528 g/mol. The van der Waals surface area contributed by atoms with Crippen LogP contribution in [-0.4, -0.2) is 46.4 Å². The molecular formula is C30H34N4O5S. The first kappa shape index (κ1) is 28.9. The van der Waals surface area contributed by atoms with E-state index in [9.17, 15) is 19.7 Å². The summed E-state index contributed by atoms with van der Waals surface area (Å²) in [7, 11) is 0. The number of allylic oxidation sites excluding steroid dienone is 3. The largest absolute Gasteiger partial charge is 0.492 e. The molecule has 9 nitrogen and oxygen atoms in total. The van der Waals surface area contributed by atoms with Gasteiger partial charge in [0.1, 0.15) is 17.9 Å². The lowest BCUT2D eigenvalue weighted by Crippen LogP contribution is -2.54.